The van der Waals surface area contributed by atoms with Crippen LogP contribution in [0.3, 0.4) is 0 Å². The van der Waals surface area contributed by atoms with E-state index < -0.39 is 5.97 Å². The third-order valence-corrected chi connectivity index (χ3v) is 3.24. The maximum atomic E-state index is 10.7. The summed E-state index contributed by atoms with van der Waals surface area (Å²) in [5, 5.41) is 8.79. The van der Waals surface area contributed by atoms with E-state index in [1.54, 1.807) is 0 Å². The van der Waals surface area contributed by atoms with Gasteiger partial charge in [0, 0.05) is 24.7 Å². The highest BCUT2D eigenvalue weighted by Crippen LogP contribution is 2.23. The van der Waals surface area contributed by atoms with Crippen molar-refractivity contribution in [2.45, 2.75) is 45.2 Å². The van der Waals surface area contributed by atoms with Gasteiger partial charge in [0.15, 0.2) is 0 Å². The summed E-state index contributed by atoms with van der Waals surface area (Å²) < 4.78 is 0. The van der Waals surface area contributed by atoms with E-state index in [1.165, 1.54) is 0 Å². The van der Waals surface area contributed by atoms with Crippen LogP contribution in [0.1, 0.15) is 33.6 Å². The fourth-order valence-electron chi connectivity index (χ4n) is 2.45. The molecule has 0 bridgehead atoms. The molecule has 0 aromatic carbocycles. The summed E-state index contributed by atoms with van der Waals surface area (Å²) in [6, 6.07) is 0.504. The van der Waals surface area contributed by atoms with Gasteiger partial charge in [0.2, 0.25) is 0 Å². The van der Waals surface area contributed by atoms with Crippen LogP contribution in [0.25, 0.3) is 0 Å². The number of nitrogens with zero attached hydrogens (tertiary/aromatic N) is 2. The molecule has 1 fully saturated rings. The van der Waals surface area contributed by atoms with E-state index in [4.69, 9.17) is 5.11 Å². The van der Waals surface area contributed by atoms with Crippen LogP contribution in [0, 0.1) is 0 Å². The van der Waals surface area contributed by atoms with E-state index in [2.05, 4.69) is 37.6 Å². The van der Waals surface area contributed by atoms with Gasteiger partial charge >= 0.3 is 5.97 Å². The van der Waals surface area contributed by atoms with Crippen LogP contribution in [-0.2, 0) is 4.79 Å². The summed E-state index contributed by atoms with van der Waals surface area (Å²) in [6.45, 7) is 9.30. The lowest BCUT2D eigenvalue weighted by atomic mass is 10.0. The molecule has 94 valence electrons. The Hall–Kier alpha value is -0.610. The molecule has 0 radical (unpaired) electrons. The number of rotatable bonds is 4. The van der Waals surface area contributed by atoms with Crippen molar-refractivity contribution < 1.29 is 9.90 Å². The molecule has 16 heavy (non-hydrogen) atoms. The molecule has 1 saturated heterocycles. The van der Waals surface area contributed by atoms with Gasteiger partial charge in [-0.15, -0.1) is 0 Å². The number of likely N-dealkylation sites (N-methyl/N-ethyl adjacent to an activating group) is 1. The van der Waals surface area contributed by atoms with E-state index in [1.807, 2.05) is 0 Å². The van der Waals surface area contributed by atoms with Crippen molar-refractivity contribution >= 4 is 5.97 Å². The average Bonchev–Trinajstić information content (AvgIpc) is 2.49. The third kappa shape index (κ3) is 3.76. The van der Waals surface area contributed by atoms with Gasteiger partial charge in [0.05, 0.1) is 6.42 Å². The van der Waals surface area contributed by atoms with E-state index in [-0.39, 0.29) is 12.0 Å². The zero-order valence-electron chi connectivity index (χ0n) is 10.9. The zero-order valence-corrected chi connectivity index (χ0v) is 10.9. The minimum Gasteiger partial charge on any atom is -0.481 e. The third-order valence-electron chi connectivity index (χ3n) is 3.24. The molecule has 1 rings (SSSR count). The fraction of sp³-hybridized carbons (Fsp3) is 0.917. The second-order valence-corrected chi connectivity index (χ2v) is 5.71. The molecule has 0 saturated carbocycles. The molecular formula is C12H24N2O2. The summed E-state index contributed by atoms with van der Waals surface area (Å²) in [7, 11) is 2.12. The van der Waals surface area contributed by atoms with Crippen molar-refractivity contribution in [1.82, 2.24) is 9.80 Å². The Kier molecular flexibility index (Phi) is 4.33. The van der Waals surface area contributed by atoms with Crippen molar-refractivity contribution in [3.05, 3.63) is 0 Å². The smallest absolute Gasteiger partial charge is 0.304 e. The van der Waals surface area contributed by atoms with E-state index in [9.17, 15) is 4.79 Å². The van der Waals surface area contributed by atoms with Crippen LogP contribution in [0.5, 0.6) is 0 Å². The Bertz CT molecular complexity index is 248. The summed E-state index contributed by atoms with van der Waals surface area (Å²) in [5.74, 6) is -0.708. The minimum atomic E-state index is -0.708. The van der Waals surface area contributed by atoms with Crippen molar-refractivity contribution in [3.63, 3.8) is 0 Å². The van der Waals surface area contributed by atoms with Crippen LogP contribution >= 0.6 is 0 Å². The van der Waals surface area contributed by atoms with Crippen molar-refractivity contribution in [1.29, 1.82) is 0 Å². The SMILES string of the molecule is CN1CCC(N(CCC(=O)O)C(C)(C)C)C1. The molecule has 1 aliphatic heterocycles. The Morgan fingerprint density at radius 1 is 1.50 bits per heavy atom. The maximum Gasteiger partial charge on any atom is 0.304 e. The predicted molar refractivity (Wildman–Crippen MR) is 64.6 cm³/mol. The normalized spacial score (nSPS) is 22.9. The molecule has 0 aliphatic carbocycles. The van der Waals surface area contributed by atoms with Gasteiger partial charge in [-0.1, -0.05) is 0 Å². The topological polar surface area (TPSA) is 43.8 Å². The standard InChI is InChI=1S/C12H24N2O2/c1-12(2,3)14(8-6-11(15)16)10-5-7-13(4)9-10/h10H,5-9H2,1-4H3,(H,15,16). The second kappa shape index (κ2) is 5.15. The predicted octanol–water partition coefficient (Wildman–Crippen LogP) is 1.27. The molecule has 4 heteroatoms. The second-order valence-electron chi connectivity index (χ2n) is 5.71. The molecule has 1 aliphatic rings. The fourth-order valence-corrected chi connectivity index (χ4v) is 2.45. The molecule has 0 amide bonds. The van der Waals surface area contributed by atoms with Gasteiger partial charge in [-0.3, -0.25) is 9.69 Å². The molecule has 1 unspecified atom stereocenters. The van der Waals surface area contributed by atoms with Crippen LogP contribution in [-0.4, -0.2) is 59.1 Å². The first kappa shape index (κ1) is 13.5. The highest BCUT2D eigenvalue weighted by Gasteiger charge is 2.32. The number of likely N-dealkylation sites (tertiary alicyclic amines) is 1. The van der Waals surface area contributed by atoms with Gasteiger partial charge < -0.3 is 10.0 Å². The van der Waals surface area contributed by atoms with Gasteiger partial charge in [0.1, 0.15) is 0 Å². The Labute approximate surface area is 98.2 Å². The monoisotopic (exact) mass is 228 g/mol. The van der Waals surface area contributed by atoms with E-state index in [0.29, 0.717) is 12.6 Å². The molecule has 0 spiro atoms. The maximum absolute atomic E-state index is 10.7. The van der Waals surface area contributed by atoms with Crippen LogP contribution in [0.4, 0.5) is 0 Å². The van der Waals surface area contributed by atoms with Crippen LogP contribution < -0.4 is 0 Å². The van der Waals surface area contributed by atoms with Crippen molar-refractivity contribution in [2.24, 2.45) is 0 Å². The molecule has 0 aromatic heterocycles. The number of aliphatic carboxylic acids is 1. The number of carboxylic acids is 1. The summed E-state index contributed by atoms with van der Waals surface area (Å²) >= 11 is 0. The van der Waals surface area contributed by atoms with Gasteiger partial charge in [-0.05, 0) is 40.8 Å². The van der Waals surface area contributed by atoms with E-state index >= 15 is 0 Å². The largest absolute Gasteiger partial charge is 0.481 e. The lowest BCUT2D eigenvalue weighted by Gasteiger charge is -2.40. The minimum absolute atomic E-state index is 0.0469. The molecule has 1 N–H and O–H groups in total. The summed E-state index contributed by atoms with van der Waals surface area (Å²) in [5.41, 5.74) is 0.0469. The Morgan fingerprint density at radius 2 is 2.12 bits per heavy atom. The van der Waals surface area contributed by atoms with Crippen LogP contribution in [0.2, 0.25) is 0 Å². The zero-order chi connectivity index (χ0) is 12.3. The molecule has 0 aromatic rings. The van der Waals surface area contributed by atoms with E-state index in [0.717, 1.165) is 19.5 Å². The first-order chi connectivity index (χ1) is 7.30. The summed E-state index contributed by atoms with van der Waals surface area (Å²) in [6.07, 6.45) is 1.38. The van der Waals surface area contributed by atoms with Crippen molar-refractivity contribution in [3.8, 4) is 0 Å². The first-order valence-electron chi connectivity index (χ1n) is 5.98. The average molecular weight is 228 g/mol. The number of hydrogen-bond acceptors (Lipinski definition) is 3. The van der Waals surface area contributed by atoms with Crippen molar-refractivity contribution in [2.75, 3.05) is 26.7 Å². The number of carbonyl (C=O) groups is 1. The van der Waals surface area contributed by atoms with Gasteiger partial charge in [-0.25, -0.2) is 0 Å². The number of carboxylic acid groups (broad SMARTS) is 1. The quantitative estimate of drug-likeness (QED) is 0.787. The molecule has 4 nitrogen and oxygen atoms in total. The van der Waals surface area contributed by atoms with Gasteiger partial charge in [-0.2, -0.15) is 0 Å². The molecule has 1 atom stereocenters. The molecule has 1 heterocycles. The highest BCUT2D eigenvalue weighted by atomic mass is 16.4. The lowest BCUT2D eigenvalue weighted by molar-refractivity contribution is -0.137. The van der Waals surface area contributed by atoms with Crippen LogP contribution in [0.15, 0.2) is 0 Å². The molecular weight excluding hydrogens is 204 g/mol. The Morgan fingerprint density at radius 3 is 2.50 bits per heavy atom. The Balaban J connectivity index is 2.60. The number of hydrogen-bond donors (Lipinski definition) is 1. The first-order valence-corrected chi connectivity index (χ1v) is 5.98. The highest BCUT2D eigenvalue weighted by molar-refractivity contribution is 5.66. The summed E-state index contributed by atoms with van der Waals surface area (Å²) in [4.78, 5) is 15.3. The van der Waals surface area contributed by atoms with Gasteiger partial charge in [0.25, 0.3) is 0 Å². The lowest BCUT2D eigenvalue weighted by Crippen LogP contribution is -2.49.